The van der Waals surface area contributed by atoms with Crippen LogP contribution in [0.5, 0.6) is 0 Å². The summed E-state index contributed by atoms with van der Waals surface area (Å²) in [6.45, 7) is 2.13. The van der Waals surface area contributed by atoms with Gasteiger partial charge in [-0.2, -0.15) is 0 Å². The van der Waals surface area contributed by atoms with Crippen LogP contribution in [0.2, 0.25) is 5.02 Å². The number of carbonyl (C=O) groups excluding carboxylic acids is 2. The Morgan fingerprint density at radius 2 is 2.00 bits per heavy atom. The van der Waals surface area contributed by atoms with Gasteiger partial charge in [-0.25, -0.2) is 4.39 Å². The minimum Gasteiger partial charge on any atom is -0.319 e. The topological polar surface area (TPSA) is 49.4 Å². The fourth-order valence-corrected chi connectivity index (χ4v) is 2.81. The molecule has 4 nitrogen and oxygen atoms in total. The Hall–Kier alpha value is -2.40. The van der Waals surface area contributed by atoms with Crippen LogP contribution in [-0.2, 0) is 11.2 Å². The van der Waals surface area contributed by atoms with Gasteiger partial charge in [-0.1, -0.05) is 11.6 Å². The number of anilines is 2. The Morgan fingerprint density at radius 3 is 2.70 bits per heavy atom. The van der Waals surface area contributed by atoms with E-state index in [-0.39, 0.29) is 16.6 Å². The summed E-state index contributed by atoms with van der Waals surface area (Å²) in [7, 11) is 0. The maximum absolute atomic E-state index is 13.7. The van der Waals surface area contributed by atoms with E-state index >= 15 is 0 Å². The average molecular weight is 333 g/mol. The van der Waals surface area contributed by atoms with Crippen molar-refractivity contribution in [3.8, 4) is 0 Å². The molecule has 1 heterocycles. The third kappa shape index (κ3) is 3.05. The second-order valence-electron chi connectivity index (χ2n) is 5.34. The van der Waals surface area contributed by atoms with E-state index in [9.17, 15) is 14.0 Å². The predicted molar refractivity (Wildman–Crippen MR) is 87.5 cm³/mol. The summed E-state index contributed by atoms with van der Waals surface area (Å²) in [5, 5.41) is 2.79. The normalized spacial score (nSPS) is 12.9. The van der Waals surface area contributed by atoms with Gasteiger partial charge in [0.1, 0.15) is 5.82 Å². The summed E-state index contributed by atoms with van der Waals surface area (Å²) in [5.74, 6) is -1.02. The highest BCUT2D eigenvalue weighted by molar-refractivity contribution is 6.30. The van der Waals surface area contributed by atoms with Crippen molar-refractivity contribution in [2.45, 2.75) is 13.3 Å². The zero-order valence-electron chi connectivity index (χ0n) is 12.4. The van der Waals surface area contributed by atoms with Gasteiger partial charge >= 0.3 is 0 Å². The minimum atomic E-state index is -0.588. The van der Waals surface area contributed by atoms with Crippen molar-refractivity contribution in [3.05, 3.63) is 58.4 Å². The SMILES string of the molecule is CC(=O)N1CCc2cc(C(=O)Nc3ccc(Cl)cc3F)ccc21. The second kappa shape index (κ2) is 6.01. The number of nitrogens with one attached hydrogen (secondary N) is 1. The van der Waals surface area contributed by atoms with Gasteiger partial charge in [-0.15, -0.1) is 0 Å². The fraction of sp³-hybridized carbons (Fsp3) is 0.176. The van der Waals surface area contributed by atoms with E-state index in [0.717, 1.165) is 17.3 Å². The van der Waals surface area contributed by atoms with Gasteiger partial charge < -0.3 is 10.2 Å². The van der Waals surface area contributed by atoms with Crippen molar-refractivity contribution in [1.82, 2.24) is 0 Å². The molecule has 0 atom stereocenters. The highest BCUT2D eigenvalue weighted by Gasteiger charge is 2.23. The molecule has 23 heavy (non-hydrogen) atoms. The number of fused-ring (bicyclic) bond motifs is 1. The van der Waals surface area contributed by atoms with Gasteiger partial charge in [-0.05, 0) is 48.4 Å². The van der Waals surface area contributed by atoms with Gasteiger partial charge in [-0.3, -0.25) is 9.59 Å². The smallest absolute Gasteiger partial charge is 0.255 e. The standard InChI is InChI=1S/C17H14ClFN2O2/c1-10(22)21-7-6-11-8-12(2-5-16(11)21)17(23)20-15-4-3-13(18)9-14(15)19/h2-5,8-9H,6-7H2,1H3,(H,20,23). The minimum absolute atomic E-state index is 0.0239. The number of rotatable bonds is 2. The van der Waals surface area contributed by atoms with E-state index in [1.165, 1.54) is 19.1 Å². The van der Waals surface area contributed by atoms with E-state index in [1.807, 2.05) is 0 Å². The second-order valence-corrected chi connectivity index (χ2v) is 5.78. The molecule has 0 saturated heterocycles. The van der Waals surface area contributed by atoms with E-state index < -0.39 is 11.7 Å². The lowest BCUT2D eigenvalue weighted by Crippen LogP contribution is -2.25. The molecule has 0 radical (unpaired) electrons. The van der Waals surface area contributed by atoms with Gasteiger partial charge in [0.05, 0.1) is 5.69 Å². The summed E-state index contributed by atoms with van der Waals surface area (Å²) in [6.07, 6.45) is 0.700. The fourth-order valence-electron chi connectivity index (χ4n) is 2.66. The van der Waals surface area contributed by atoms with E-state index in [1.54, 1.807) is 23.1 Å². The molecule has 2 aromatic carbocycles. The van der Waals surface area contributed by atoms with Crippen molar-refractivity contribution in [2.24, 2.45) is 0 Å². The molecule has 1 N–H and O–H groups in total. The molecule has 0 bridgehead atoms. The molecular weight excluding hydrogens is 319 g/mol. The molecule has 1 aliphatic heterocycles. The molecule has 2 amide bonds. The maximum Gasteiger partial charge on any atom is 0.255 e. The lowest BCUT2D eigenvalue weighted by molar-refractivity contribution is -0.116. The van der Waals surface area contributed by atoms with Crippen molar-refractivity contribution >= 4 is 34.8 Å². The summed E-state index contributed by atoms with van der Waals surface area (Å²) < 4.78 is 13.7. The Balaban J connectivity index is 1.82. The highest BCUT2D eigenvalue weighted by Crippen LogP contribution is 2.29. The van der Waals surface area contributed by atoms with Crippen LogP contribution in [0.3, 0.4) is 0 Å². The zero-order valence-corrected chi connectivity index (χ0v) is 13.2. The Kier molecular flexibility index (Phi) is 4.05. The molecule has 0 aliphatic carbocycles. The van der Waals surface area contributed by atoms with Crippen molar-refractivity contribution in [1.29, 1.82) is 0 Å². The quantitative estimate of drug-likeness (QED) is 0.912. The van der Waals surface area contributed by atoms with Gasteiger partial charge in [0.15, 0.2) is 0 Å². The average Bonchev–Trinajstić information content (AvgIpc) is 2.93. The summed E-state index contributed by atoms with van der Waals surface area (Å²) in [4.78, 5) is 25.5. The largest absolute Gasteiger partial charge is 0.319 e. The van der Waals surface area contributed by atoms with E-state index in [0.29, 0.717) is 18.5 Å². The van der Waals surface area contributed by atoms with Crippen molar-refractivity contribution < 1.29 is 14.0 Å². The van der Waals surface area contributed by atoms with Crippen LogP contribution >= 0.6 is 11.6 Å². The molecule has 2 aromatic rings. The zero-order chi connectivity index (χ0) is 16.6. The summed E-state index contributed by atoms with van der Waals surface area (Å²) in [5.41, 5.74) is 2.25. The summed E-state index contributed by atoms with van der Waals surface area (Å²) in [6, 6.07) is 9.18. The first-order chi connectivity index (χ1) is 11.0. The van der Waals surface area contributed by atoms with Crippen LogP contribution in [-0.4, -0.2) is 18.4 Å². The molecule has 1 aliphatic rings. The van der Waals surface area contributed by atoms with Crippen molar-refractivity contribution in [2.75, 3.05) is 16.8 Å². The van der Waals surface area contributed by atoms with Gasteiger partial charge in [0, 0.05) is 29.7 Å². The number of carbonyl (C=O) groups is 2. The molecular formula is C17H14ClFN2O2. The lowest BCUT2D eigenvalue weighted by Gasteiger charge is -2.14. The molecule has 3 rings (SSSR count). The number of halogens is 2. The van der Waals surface area contributed by atoms with Crippen LogP contribution in [0, 0.1) is 5.82 Å². The van der Waals surface area contributed by atoms with E-state index in [2.05, 4.69) is 5.32 Å². The molecule has 6 heteroatoms. The molecule has 0 spiro atoms. The highest BCUT2D eigenvalue weighted by atomic mass is 35.5. The molecule has 0 saturated carbocycles. The predicted octanol–water partition coefficient (Wildman–Crippen LogP) is 3.64. The first-order valence-corrected chi connectivity index (χ1v) is 7.51. The molecule has 118 valence electrons. The Morgan fingerprint density at radius 1 is 1.22 bits per heavy atom. The number of benzene rings is 2. The first-order valence-electron chi connectivity index (χ1n) is 7.13. The summed E-state index contributed by atoms with van der Waals surface area (Å²) >= 11 is 5.69. The van der Waals surface area contributed by atoms with Crippen molar-refractivity contribution in [3.63, 3.8) is 0 Å². The first kappa shape index (κ1) is 15.5. The maximum atomic E-state index is 13.7. The lowest BCUT2D eigenvalue weighted by atomic mass is 10.1. The Labute approximate surface area is 137 Å². The molecule has 0 unspecified atom stereocenters. The molecule has 0 fully saturated rings. The number of hydrogen-bond acceptors (Lipinski definition) is 2. The van der Waals surface area contributed by atoms with Crippen LogP contribution in [0.15, 0.2) is 36.4 Å². The number of amides is 2. The van der Waals surface area contributed by atoms with Crippen LogP contribution in [0.4, 0.5) is 15.8 Å². The van der Waals surface area contributed by atoms with Gasteiger partial charge in [0.25, 0.3) is 5.91 Å². The Bertz CT molecular complexity index is 807. The number of hydrogen-bond donors (Lipinski definition) is 1. The third-order valence-corrected chi connectivity index (χ3v) is 4.03. The third-order valence-electron chi connectivity index (χ3n) is 3.80. The van der Waals surface area contributed by atoms with Crippen LogP contribution < -0.4 is 10.2 Å². The van der Waals surface area contributed by atoms with Crippen LogP contribution in [0.25, 0.3) is 0 Å². The van der Waals surface area contributed by atoms with Crippen LogP contribution in [0.1, 0.15) is 22.8 Å². The molecule has 0 aromatic heterocycles. The van der Waals surface area contributed by atoms with Gasteiger partial charge in [0.2, 0.25) is 5.91 Å². The monoisotopic (exact) mass is 332 g/mol. The van der Waals surface area contributed by atoms with E-state index in [4.69, 9.17) is 11.6 Å². The number of nitrogens with zero attached hydrogens (tertiary/aromatic N) is 1.